The molecule has 0 aromatic carbocycles. The normalized spacial score (nSPS) is 20.1. The molecule has 0 bridgehead atoms. The molecule has 1 N–H and O–H groups in total. The summed E-state index contributed by atoms with van der Waals surface area (Å²) in [4.78, 5) is 16.3. The molecule has 6 heteroatoms. The Labute approximate surface area is 116 Å². The number of hydrogen-bond donors (Lipinski definition) is 1. The number of nitrogens with one attached hydrogen (secondary N) is 1. The molecule has 1 aromatic rings. The topological polar surface area (TPSA) is 46.9 Å². The fraction of sp³-hybridized carbons (Fsp3) is 0.667. The van der Waals surface area contributed by atoms with Crippen LogP contribution >= 0.6 is 23.5 Å². The minimum atomic E-state index is -0.0269. The van der Waals surface area contributed by atoms with Crippen molar-refractivity contribution in [3.8, 4) is 0 Å². The van der Waals surface area contributed by atoms with Crippen LogP contribution in [0.4, 0.5) is 5.82 Å². The lowest BCUT2D eigenvalue weighted by Crippen LogP contribution is -2.29. The van der Waals surface area contributed by atoms with Crippen LogP contribution in [-0.4, -0.2) is 38.6 Å². The van der Waals surface area contributed by atoms with Crippen molar-refractivity contribution in [2.45, 2.75) is 25.1 Å². The molecule has 0 radical (unpaired) electrons. The van der Waals surface area contributed by atoms with Gasteiger partial charge in [0.1, 0.15) is 0 Å². The minimum absolute atomic E-state index is 0.0269. The molecule has 1 aromatic heterocycles. The molecule has 1 unspecified atom stereocenters. The summed E-state index contributed by atoms with van der Waals surface area (Å²) in [7, 11) is 0. The van der Waals surface area contributed by atoms with Crippen molar-refractivity contribution >= 4 is 29.3 Å². The Balaban J connectivity index is 2.00. The average Bonchev–Trinajstić information content (AvgIpc) is 2.38. The van der Waals surface area contributed by atoms with Crippen molar-refractivity contribution in [1.82, 2.24) is 9.55 Å². The van der Waals surface area contributed by atoms with Gasteiger partial charge in [-0.05, 0) is 13.8 Å². The van der Waals surface area contributed by atoms with Gasteiger partial charge in [0.15, 0.2) is 5.82 Å². The Kier molecular flexibility index (Phi) is 5.00. The van der Waals surface area contributed by atoms with E-state index in [1.54, 1.807) is 17.0 Å². The molecule has 1 atom stereocenters. The van der Waals surface area contributed by atoms with E-state index >= 15 is 0 Å². The average molecular weight is 285 g/mol. The maximum atomic E-state index is 12.1. The summed E-state index contributed by atoms with van der Waals surface area (Å²) in [6, 6.07) is 0.167. The molecule has 100 valence electrons. The molecule has 0 spiro atoms. The lowest BCUT2D eigenvalue weighted by molar-refractivity contribution is 0.575. The lowest BCUT2D eigenvalue weighted by Gasteiger charge is -2.21. The first kappa shape index (κ1) is 13.8. The van der Waals surface area contributed by atoms with Crippen LogP contribution in [0.15, 0.2) is 17.2 Å². The van der Waals surface area contributed by atoms with E-state index in [4.69, 9.17) is 0 Å². The largest absolute Gasteiger partial charge is 0.364 e. The molecule has 4 nitrogen and oxygen atoms in total. The summed E-state index contributed by atoms with van der Waals surface area (Å²) in [6.45, 7) is 4.82. The van der Waals surface area contributed by atoms with Gasteiger partial charge >= 0.3 is 0 Å². The fourth-order valence-corrected chi connectivity index (χ4v) is 4.43. The number of aromatic nitrogens is 2. The number of anilines is 1. The van der Waals surface area contributed by atoms with E-state index in [0.717, 1.165) is 12.3 Å². The van der Waals surface area contributed by atoms with Crippen LogP contribution in [0.25, 0.3) is 0 Å². The van der Waals surface area contributed by atoms with E-state index in [9.17, 15) is 4.79 Å². The number of nitrogens with zero attached hydrogens (tertiary/aromatic N) is 2. The van der Waals surface area contributed by atoms with Gasteiger partial charge in [0.25, 0.3) is 5.56 Å². The Hall–Kier alpha value is -0.620. The quantitative estimate of drug-likeness (QED) is 0.918. The predicted molar refractivity (Wildman–Crippen MR) is 80.9 cm³/mol. The Bertz CT molecular complexity index is 441. The highest BCUT2D eigenvalue weighted by molar-refractivity contribution is 8.06. The predicted octanol–water partition coefficient (Wildman–Crippen LogP) is 2.08. The molecule has 2 rings (SSSR count). The van der Waals surface area contributed by atoms with Crippen molar-refractivity contribution in [3.05, 3.63) is 22.7 Å². The Morgan fingerprint density at radius 3 is 3.06 bits per heavy atom. The first-order chi connectivity index (χ1) is 8.68. The molecule has 0 amide bonds. The standard InChI is InChI=1S/C12H19N3OS2/c1-9(2)15-4-3-13-11(12(15)16)14-7-10-8-17-5-6-18-10/h3-4,9-10H,5-8H2,1-2H3,(H,13,14). The highest BCUT2D eigenvalue weighted by Crippen LogP contribution is 2.23. The van der Waals surface area contributed by atoms with Crippen molar-refractivity contribution in [1.29, 1.82) is 0 Å². The van der Waals surface area contributed by atoms with E-state index in [0.29, 0.717) is 11.1 Å². The second kappa shape index (κ2) is 6.52. The molecule has 18 heavy (non-hydrogen) atoms. The first-order valence-electron chi connectivity index (χ1n) is 6.19. The van der Waals surface area contributed by atoms with Crippen LogP contribution in [0.2, 0.25) is 0 Å². The second-order valence-corrected chi connectivity index (χ2v) is 7.09. The molecule has 1 aliphatic rings. The van der Waals surface area contributed by atoms with Crippen molar-refractivity contribution < 1.29 is 0 Å². The summed E-state index contributed by atoms with van der Waals surface area (Å²) in [5.41, 5.74) is -0.0269. The second-order valence-electron chi connectivity index (χ2n) is 4.53. The van der Waals surface area contributed by atoms with Crippen LogP contribution in [0.5, 0.6) is 0 Å². The SMILES string of the molecule is CC(C)n1ccnc(NCC2CSCCS2)c1=O. The van der Waals surface area contributed by atoms with E-state index < -0.39 is 0 Å². The van der Waals surface area contributed by atoms with Gasteiger partial charge in [0.05, 0.1) is 0 Å². The summed E-state index contributed by atoms with van der Waals surface area (Å²) >= 11 is 3.96. The van der Waals surface area contributed by atoms with Crippen molar-refractivity contribution in [3.63, 3.8) is 0 Å². The maximum Gasteiger partial charge on any atom is 0.293 e. The molecule has 0 saturated carbocycles. The van der Waals surface area contributed by atoms with Crippen LogP contribution in [0.1, 0.15) is 19.9 Å². The smallest absolute Gasteiger partial charge is 0.293 e. The van der Waals surface area contributed by atoms with Gasteiger partial charge in [-0.2, -0.15) is 23.5 Å². The van der Waals surface area contributed by atoms with E-state index in [2.05, 4.69) is 10.3 Å². The van der Waals surface area contributed by atoms with Gasteiger partial charge < -0.3 is 9.88 Å². The molecular formula is C12H19N3OS2. The highest BCUT2D eigenvalue weighted by atomic mass is 32.2. The third-order valence-corrected chi connectivity index (χ3v) is 5.65. The van der Waals surface area contributed by atoms with Gasteiger partial charge in [-0.15, -0.1) is 0 Å². The number of rotatable bonds is 4. The van der Waals surface area contributed by atoms with Crippen LogP contribution in [0.3, 0.4) is 0 Å². The third kappa shape index (κ3) is 3.45. The monoisotopic (exact) mass is 285 g/mol. The van der Waals surface area contributed by atoms with E-state index in [1.807, 2.05) is 37.4 Å². The summed E-state index contributed by atoms with van der Waals surface area (Å²) in [5, 5.41) is 3.78. The number of thioether (sulfide) groups is 2. The van der Waals surface area contributed by atoms with E-state index in [-0.39, 0.29) is 11.6 Å². The third-order valence-electron chi connectivity index (χ3n) is 2.81. The van der Waals surface area contributed by atoms with Gasteiger partial charge in [-0.25, -0.2) is 4.98 Å². The molecule has 1 aliphatic heterocycles. The summed E-state index contributed by atoms with van der Waals surface area (Å²) in [5.74, 6) is 4.07. The van der Waals surface area contributed by atoms with Crippen LogP contribution < -0.4 is 10.9 Å². The Morgan fingerprint density at radius 2 is 2.39 bits per heavy atom. The van der Waals surface area contributed by atoms with Crippen LogP contribution in [-0.2, 0) is 0 Å². The molecule has 1 saturated heterocycles. The first-order valence-corrected chi connectivity index (χ1v) is 8.39. The minimum Gasteiger partial charge on any atom is -0.364 e. The fourth-order valence-electron chi connectivity index (χ4n) is 1.82. The number of hydrogen-bond acceptors (Lipinski definition) is 5. The van der Waals surface area contributed by atoms with Gasteiger partial charge in [-0.1, -0.05) is 0 Å². The van der Waals surface area contributed by atoms with Gasteiger partial charge in [-0.3, -0.25) is 4.79 Å². The molecule has 1 fully saturated rings. The van der Waals surface area contributed by atoms with Gasteiger partial charge in [0.2, 0.25) is 0 Å². The maximum absolute atomic E-state index is 12.1. The highest BCUT2D eigenvalue weighted by Gasteiger charge is 2.15. The summed E-state index contributed by atoms with van der Waals surface area (Å²) < 4.78 is 1.71. The van der Waals surface area contributed by atoms with Crippen molar-refractivity contribution in [2.24, 2.45) is 0 Å². The molecule has 0 aliphatic carbocycles. The van der Waals surface area contributed by atoms with Crippen LogP contribution in [0, 0.1) is 0 Å². The van der Waals surface area contributed by atoms with E-state index in [1.165, 1.54) is 11.5 Å². The zero-order valence-electron chi connectivity index (χ0n) is 10.8. The lowest BCUT2D eigenvalue weighted by atomic mass is 10.4. The van der Waals surface area contributed by atoms with Crippen molar-refractivity contribution in [2.75, 3.05) is 29.1 Å². The zero-order chi connectivity index (χ0) is 13.0. The zero-order valence-corrected chi connectivity index (χ0v) is 12.4. The molecule has 2 heterocycles. The molecular weight excluding hydrogens is 266 g/mol. The Morgan fingerprint density at radius 1 is 1.56 bits per heavy atom. The summed E-state index contributed by atoms with van der Waals surface area (Å²) in [6.07, 6.45) is 3.43. The van der Waals surface area contributed by atoms with Gasteiger partial charge in [0, 0.05) is 47.5 Å².